The second-order valence-electron chi connectivity index (χ2n) is 7.37. The van der Waals surface area contributed by atoms with Crippen LogP contribution in [0.1, 0.15) is 33.1 Å². The maximum atomic E-state index is 13.0. The zero-order chi connectivity index (χ0) is 21.7. The van der Waals surface area contributed by atoms with Crippen LogP contribution in [-0.4, -0.2) is 46.0 Å². The third kappa shape index (κ3) is 6.45. The number of carbonyl (C=O) groups is 2. The van der Waals surface area contributed by atoms with Crippen LogP contribution in [0, 0.1) is 0 Å². The van der Waals surface area contributed by atoms with Gasteiger partial charge in [0.2, 0.25) is 5.91 Å². The first-order chi connectivity index (χ1) is 14.3. The van der Waals surface area contributed by atoms with Crippen LogP contribution in [0.2, 0.25) is 5.02 Å². The fourth-order valence-electron chi connectivity index (χ4n) is 2.76. The lowest BCUT2D eigenvalue weighted by molar-refractivity contribution is -0.117. The number of thioether (sulfide) groups is 1. The molecule has 0 radical (unpaired) electrons. The van der Waals surface area contributed by atoms with Gasteiger partial charge in [-0.3, -0.25) is 19.5 Å². The molecule has 1 heterocycles. The number of benzene rings is 1. The van der Waals surface area contributed by atoms with E-state index in [1.54, 1.807) is 22.8 Å². The molecule has 30 heavy (non-hydrogen) atoms. The number of imide groups is 1. The van der Waals surface area contributed by atoms with Gasteiger partial charge in [-0.25, -0.2) is 9.78 Å². The number of ether oxygens (including phenoxy) is 1. The second-order valence-corrected chi connectivity index (χ2v) is 8.75. The van der Waals surface area contributed by atoms with Crippen LogP contribution >= 0.6 is 23.4 Å². The molecule has 3 amide bonds. The Labute approximate surface area is 183 Å². The normalized spacial score (nSPS) is 13.6. The van der Waals surface area contributed by atoms with Crippen LogP contribution in [0.15, 0.2) is 28.2 Å². The minimum absolute atomic E-state index is 0.0426. The highest BCUT2D eigenvalue weighted by Crippen LogP contribution is 2.21. The Morgan fingerprint density at radius 3 is 2.83 bits per heavy atom. The van der Waals surface area contributed by atoms with E-state index in [0.29, 0.717) is 40.7 Å². The summed E-state index contributed by atoms with van der Waals surface area (Å²) in [6, 6.07) is 4.59. The molecule has 1 fully saturated rings. The van der Waals surface area contributed by atoms with Gasteiger partial charge in [-0.05, 0) is 51.3 Å². The molecule has 1 aromatic heterocycles. The maximum absolute atomic E-state index is 13.0. The van der Waals surface area contributed by atoms with Crippen LogP contribution in [0.4, 0.5) is 4.79 Å². The monoisotopic (exact) mass is 452 g/mol. The van der Waals surface area contributed by atoms with Crippen molar-refractivity contribution in [3.05, 3.63) is 33.6 Å². The van der Waals surface area contributed by atoms with E-state index >= 15 is 0 Å². The summed E-state index contributed by atoms with van der Waals surface area (Å²) in [6.07, 6.45) is 2.61. The van der Waals surface area contributed by atoms with E-state index in [9.17, 15) is 14.4 Å². The molecule has 0 atom stereocenters. The molecule has 1 aliphatic rings. The Hall–Kier alpha value is -2.10. The number of urea groups is 1. The molecule has 0 spiro atoms. The van der Waals surface area contributed by atoms with Gasteiger partial charge in [-0.15, -0.1) is 0 Å². The van der Waals surface area contributed by atoms with Gasteiger partial charge in [0.15, 0.2) is 5.16 Å². The predicted molar refractivity (Wildman–Crippen MR) is 117 cm³/mol. The van der Waals surface area contributed by atoms with Crippen LogP contribution in [0.3, 0.4) is 0 Å². The number of hydrogen-bond donors (Lipinski definition) is 2. The van der Waals surface area contributed by atoms with Crippen molar-refractivity contribution in [3.8, 4) is 0 Å². The number of fused-ring (bicyclic) bond motifs is 1. The van der Waals surface area contributed by atoms with E-state index in [4.69, 9.17) is 16.3 Å². The van der Waals surface area contributed by atoms with Gasteiger partial charge in [0.05, 0.1) is 22.8 Å². The number of nitrogens with zero attached hydrogens (tertiary/aromatic N) is 2. The summed E-state index contributed by atoms with van der Waals surface area (Å²) in [5.74, 6) is -0.493. The summed E-state index contributed by atoms with van der Waals surface area (Å²) in [4.78, 5) is 41.4. The van der Waals surface area contributed by atoms with Crippen molar-refractivity contribution in [1.29, 1.82) is 0 Å². The second kappa shape index (κ2) is 10.3. The summed E-state index contributed by atoms with van der Waals surface area (Å²) >= 11 is 7.15. The van der Waals surface area contributed by atoms with Crippen molar-refractivity contribution < 1.29 is 14.3 Å². The number of aromatic nitrogens is 2. The van der Waals surface area contributed by atoms with E-state index in [1.165, 1.54) is 0 Å². The molecule has 10 heteroatoms. The summed E-state index contributed by atoms with van der Waals surface area (Å²) in [5.41, 5.74) is 0.271. The van der Waals surface area contributed by atoms with E-state index in [2.05, 4.69) is 15.6 Å². The number of hydrogen-bond acceptors (Lipinski definition) is 6. The number of halogens is 1. The largest absolute Gasteiger partial charge is 0.379 e. The standard InChI is InChI=1S/C20H25ClN4O4S/c1-12(2)29-9-3-8-25-18(27)15-7-4-13(21)10-16(15)23-20(25)30-11-17(26)24-19(28)22-14-5-6-14/h4,7,10,12,14H,3,5-6,8-9,11H2,1-2H3,(H2,22,24,26,28). The topological polar surface area (TPSA) is 102 Å². The summed E-state index contributed by atoms with van der Waals surface area (Å²) < 4.78 is 7.10. The van der Waals surface area contributed by atoms with Crippen LogP contribution in [-0.2, 0) is 16.1 Å². The molecule has 2 aromatic rings. The first kappa shape index (κ1) is 22.6. The van der Waals surface area contributed by atoms with Crippen molar-refractivity contribution in [2.24, 2.45) is 0 Å². The summed E-state index contributed by atoms with van der Waals surface area (Å²) in [5, 5.41) is 6.33. The number of carbonyl (C=O) groups excluding carboxylic acids is 2. The molecule has 2 N–H and O–H groups in total. The van der Waals surface area contributed by atoms with Gasteiger partial charge in [-0.1, -0.05) is 23.4 Å². The average Bonchev–Trinajstić information content (AvgIpc) is 3.48. The predicted octanol–water partition coefficient (Wildman–Crippen LogP) is 2.95. The quantitative estimate of drug-likeness (QED) is 0.344. The molecule has 1 aromatic carbocycles. The summed E-state index contributed by atoms with van der Waals surface area (Å²) in [7, 11) is 0. The van der Waals surface area contributed by atoms with Gasteiger partial charge in [0.25, 0.3) is 5.56 Å². The smallest absolute Gasteiger partial charge is 0.321 e. The Bertz CT molecular complexity index is 991. The number of rotatable bonds is 9. The van der Waals surface area contributed by atoms with E-state index < -0.39 is 11.9 Å². The van der Waals surface area contributed by atoms with Crippen molar-refractivity contribution >= 4 is 46.2 Å². The van der Waals surface area contributed by atoms with Crippen molar-refractivity contribution in [2.45, 2.75) is 57.0 Å². The van der Waals surface area contributed by atoms with Gasteiger partial charge in [0, 0.05) is 24.2 Å². The Morgan fingerprint density at radius 2 is 2.13 bits per heavy atom. The molecule has 1 aliphatic carbocycles. The minimum atomic E-state index is -0.496. The third-order valence-corrected chi connectivity index (χ3v) is 5.57. The first-order valence-electron chi connectivity index (χ1n) is 9.88. The number of amides is 3. The third-order valence-electron chi connectivity index (χ3n) is 4.36. The van der Waals surface area contributed by atoms with E-state index in [-0.39, 0.29) is 23.5 Å². The van der Waals surface area contributed by atoms with Crippen molar-refractivity contribution in [2.75, 3.05) is 12.4 Å². The highest BCUT2D eigenvalue weighted by molar-refractivity contribution is 7.99. The Balaban J connectivity index is 1.74. The molecule has 0 aliphatic heterocycles. The maximum Gasteiger partial charge on any atom is 0.321 e. The van der Waals surface area contributed by atoms with Crippen LogP contribution < -0.4 is 16.2 Å². The van der Waals surface area contributed by atoms with Gasteiger partial charge in [0.1, 0.15) is 0 Å². The average molecular weight is 453 g/mol. The van der Waals surface area contributed by atoms with E-state index in [0.717, 1.165) is 24.6 Å². The van der Waals surface area contributed by atoms with Gasteiger partial charge >= 0.3 is 6.03 Å². The molecule has 0 unspecified atom stereocenters. The van der Waals surface area contributed by atoms with Crippen molar-refractivity contribution in [1.82, 2.24) is 20.2 Å². The lowest BCUT2D eigenvalue weighted by atomic mass is 10.2. The minimum Gasteiger partial charge on any atom is -0.379 e. The Kier molecular flexibility index (Phi) is 7.74. The molecular weight excluding hydrogens is 428 g/mol. The molecule has 162 valence electrons. The fraction of sp³-hybridized carbons (Fsp3) is 0.500. The summed E-state index contributed by atoms with van der Waals surface area (Å²) in [6.45, 7) is 4.82. The lowest BCUT2D eigenvalue weighted by Gasteiger charge is -2.14. The SMILES string of the molecule is CC(C)OCCCn1c(SCC(=O)NC(=O)NC2CC2)nc2cc(Cl)ccc2c1=O. The molecule has 8 nitrogen and oxygen atoms in total. The zero-order valence-corrected chi connectivity index (χ0v) is 18.5. The Morgan fingerprint density at radius 1 is 1.37 bits per heavy atom. The first-order valence-corrected chi connectivity index (χ1v) is 11.2. The lowest BCUT2D eigenvalue weighted by Crippen LogP contribution is -2.41. The van der Waals surface area contributed by atoms with E-state index in [1.807, 2.05) is 13.8 Å². The van der Waals surface area contributed by atoms with Gasteiger partial charge < -0.3 is 10.1 Å². The highest BCUT2D eigenvalue weighted by Gasteiger charge is 2.24. The molecular formula is C20H25ClN4O4S. The zero-order valence-electron chi connectivity index (χ0n) is 16.9. The molecule has 1 saturated carbocycles. The highest BCUT2D eigenvalue weighted by atomic mass is 35.5. The van der Waals surface area contributed by atoms with Crippen LogP contribution in [0.5, 0.6) is 0 Å². The van der Waals surface area contributed by atoms with Crippen LogP contribution in [0.25, 0.3) is 10.9 Å². The number of nitrogens with one attached hydrogen (secondary N) is 2. The molecule has 3 rings (SSSR count). The fourth-order valence-corrected chi connectivity index (χ4v) is 3.76. The van der Waals surface area contributed by atoms with Gasteiger partial charge in [-0.2, -0.15) is 0 Å². The molecule has 0 bridgehead atoms. The van der Waals surface area contributed by atoms with Crippen molar-refractivity contribution in [3.63, 3.8) is 0 Å². The molecule has 0 saturated heterocycles.